The molecule has 0 aromatic carbocycles. The maximum atomic E-state index is 11.6. The summed E-state index contributed by atoms with van der Waals surface area (Å²) in [6, 6.07) is 0. The van der Waals surface area contributed by atoms with Gasteiger partial charge in [0.15, 0.2) is 0 Å². The van der Waals surface area contributed by atoms with Crippen LogP contribution in [0.25, 0.3) is 0 Å². The molecular weight excluding hydrogens is 206 g/mol. The molecule has 1 fully saturated rings. The number of nitrogens with zero attached hydrogens (tertiary/aromatic N) is 1. The third-order valence-electron chi connectivity index (χ3n) is 3.71. The molecule has 0 saturated carbocycles. The molecule has 1 N–H and O–H groups in total. The SMILES string of the molecule is CCC(C(=O)OC)C1(O)CCN(CC)CC1. The molecule has 0 aromatic heterocycles. The second kappa shape index (κ2) is 5.64. The van der Waals surface area contributed by atoms with E-state index in [0.717, 1.165) is 19.6 Å². The van der Waals surface area contributed by atoms with Crippen LogP contribution in [0.1, 0.15) is 33.1 Å². The van der Waals surface area contributed by atoms with Gasteiger partial charge >= 0.3 is 5.97 Å². The smallest absolute Gasteiger partial charge is 0.311 e. The van der Waals surface area contributed by atoms with Crippen molar-refractivity contribution in [3.63, 3.8) is 0 Å². The lowest BCUT2D eigenvalue weighted by atomic mass is 9.78. The van der Waals surface area contributed by atoms with Crippen molar-refractivity contribution in [1.29, 1.82) is 0 Å². The largest absolute Gasteiger partial charge is 0.469 e. The molecule has 4 nitrogen and oxygen atoms in total. The van der Waals surface area contributed by atoms with E-state index >= 15 is 0 Å². The average Bonchev–Trinajstić information content (AvgIpc) is 2.30. The molecule has 0 amide bonds. The summed E-state index contributed by atoms with van der Waals surface area (Å²) in [4.78, 5) is 13.9. The number of piperidine rings is 1. The molecular formula is C12H23NO3. The van der Waals surface area contributed by atoms with Crippen molar-refractivity contribution in [2.45, 2.75) is 38.7 Å². The summed E-state index contributed by atoms with van der Waals surface area (Å²) in [5.41, 5.74) is -0.868. The van der Waals surface area contributed by atoms with Gasteiger partial charge in [-0.15, -0.1) is 0 Å². The molecule has 0 bridgehead atoms. The zero-order valence-corrected chi connectivity index (χ0v) is 10.5. The van der Waals surface area contributed by atoms with Crippen LogP contribution in [0.4, 0.5) is 0 Å². The van der Waals surface area contributed by atoms with Gasteiger partial charge < -0.3 is 14.7 Å². The maximum Gasteiger partial charge on any atom is 0.311 e. The third kappa shape index (κ3) is 2.74. The molecule has 1 unspecified atom stereocenters. The second-order valence-electron chi connectivity index (χ2n) is 4.52. The molecule has 0 aliphatic carbocycles. The van der Waals surface area contributed by atoms with Crippen molar-refractivity contribution in [2.24, 2.45) is 5.92 Å². The van der Waals surface area contributed by atoms with E-state index in [1.54, 1.807) is 0 Å². The van der Waals surface area contributed by atoms with Gasteiger partial charge in [0.1, 0.15) is 0 Å². The van der Waals surface area contributed by atoms with E-state index in [2.05, 4.69) is 11.8 Å². The number of hydrogen-bond acceptors (Lipinski definition) is 4. The van der Waals surface area contributed by atoms with Gasteiger partial charge in [0.2, 0.25) is 0 Å². The predicted molar refractivity (Wildman–Crippen MR) is 62.1 cm³/mol. The van der Waals surface area contributed by atoms with E-state index in [9.17, 15) is 9.90 Å². The Morgan fingerprint density at radius 3 is 2.38 bits per heavy atom. The zero-order valence-electron chi connectivity index (χ0n) is 10.5. The van der Waals surface area contributed by atoms with Crippen molar-refractivity contribution < 1.29 is 14.6 Å². The quantitative estimate of drug-likeness (QED) is 0.732. The van der Waals surface area contributed by atoms with Crippen LogP contribution < -0.4 is 0 Å². The highest BCUT2D eigenvalue weighted by atomic mass is 16.5. The number of carbonyl (C=O) groups is 1. The predicted octanol–water partition coefficient (Wildman–Crippen LogP) is 1.03. The van der Waals surface area contributed by atoms with Gasteiger partial charge in [-0.25, -0.2) is 0 Å². The van der Waals surface area contributed by atoms with Crippen molar-refractivity contribution in [3.05, 3.63) is 0 Å². The lowest BCUT2D eigenvalue weighted by Crippen LogP contribution is -2.51. The van der Waals surface area contributed by atoms with Crippen molar-refractivity contribution >= 4 is 5.97 Å². The van der Waals surface area contributed by atoms with E-state index in [1.807, 2.05) is 6.92 Å². The van der Waals surface area contributed by atoms with E-state index in [1.165, 1.54) is 7.11 Å². The van der Waals surface area contributed by atoms with Crippen LogP contribution in [0.3, 0.4) is 0 Å². The first-order chi connectivity index (χ1) is 7.57. The maximum absolute atomic E-state index is 11.6. The molecule has 1 rings (SSSR count). The fraction of sp³-hybridized carbons (Fsp3) is 0.917. The average molecular weight is 229 g/mol. The van der Waals surface area contributed by atoms with Crippen LogP contribution in [0, 0.1) is 5.92 Å². The molecule has 1 aliphatic heterocycles. The molecule has 1 heterocycles. The number of methoxy groups -OCH3 is 1. The Bertz CT molecular complexity index is 234. The van der Waals surface area contributed by atoms with Gasteiger partial charge in [-0.05, 0) is 25.8 Å². The van der Waals surface area contributed by atoms with Gasteiger partial charge in [0.25, 0.3) is 0 Å². The second-order valence-corrected chi connectivity index (χ2v) is 4.52. The highest BCUT2D eigenvalue weighted by molar-refractivity contribution is 5.73. The normalized spacial score (nSPS) is 22.8. The summed E-state index contributed by atoms with van der Waals surface area (Å²) >= 11 is 0. The van der Waals surface area contributed by atoms with Gasteiger partial charge in [-0.1, -0.05) is 13.8 Å². The molecule has 1 saturated heterocycles. The first-order valence-corrected chi connectivity index (χ1v) is 6.10. The topological polar surface area (TPSA) is 49.8 Å². The van der Waals surface area contributed by atoms with E-state index in [4.69, 9.17) is 4.74 Å². The fourth-order valence-electron chi connectivity index (χ4n) is 2.51. The monoisotopic (exact) mass is 229 g/mol. The van der Waals surface area contributed by atoms with E-state index < -0.39 is 5.60 Å². The Labute approximate surface area is 97.6 Å². The molecule has 0 spiro atoms. The summed E-state index contributed by atoms with van der Waals surface area (Å²) in [6.07, 6.45) is 1.96. The van der Waals surface area contributed by atoms with Gasteiger partial charge in [-0.3, -0.25) is 4.79 Å². The first kappa shape index (κ1) is 13.5. The van der Waals surface area contributed by atoms with Crippen LogP contribution in [-0.2, 0) is 9.53 Å². The first-order valence-electron chi connectivity index (χ1n) is 6.10. The molecule has 0 radical (unpaired) electrons. The number of aliphatic hydroxyl groups is 1. The minimum absolute atomic E-state index is 0.282. The Morgan fingerprint density at radius 1 is 1.44 bits per heavy atom. The Morgan fingerprint density at radius 2 is 2.00 bits per heavy atom. The number of ether oxygens (including phenoxy) is 1. The van der Waals surface area contributed by atoms with E-state index in [-0.39, 0.29) is 11.9 Å². The van der Waals surface area contributed by atoms with Crippen LogP contribution in [0.15, 0.2) is 0 Å². The number of carbonyl (C=O) groups excluding carboxylic acids is 1. The summed E-state index contributed by atoms with van der Waals surface area (Å²) in [5, 5.41) is 10.5. The standard InChI is InChI=1S/C12H23NO3/c1-4-10(11(14)16-3)12(15)6-8-13(5-2)9-7-12/h10,15H,4-9H2,1-3H3. The molecule has 4 heteroatoms. The molecule has 94 valence electrons. The Kier molecular flexibility index (Phi) is 4.74. The summed E-state index contributed by atoms with van der Waals surface area (Å²) in [5.74, 6) is -0.661. The lowest BCUT2D eigenvalue weighted by Gasteiger charge is -2.41. The van der Waals surface area contributed by atoms with Crippen LogP contribution in [0.2, 0.25) is 0 Å². The summed E-state index contributed by atoms with van der Waals surface area (Å²) < 4.78 is 4.76. The van der Waals surface area contributed by atoms with Crippen molar-refractivity contribution in [1.82, 2.24) is 4.90 Å². The minimum atomic E-state index is -0.868. The van der Waals surface area contributed by atoms with Crippen LogP contribution >= 0.6 is 0 Å². The number of esters is 1. The lowest BCUT2D eigenvalue weighted by molar-refractivity contribution is -0.160. The van der Waals surface area contributed by atoms with Gasteiger partial charge in [0, 0.05) is 13.1 Å². The molecule has 1 atom stereocenters. The molecule has 1 aliphatic rings. The summed E-state index contributed by atoms with van der Waals surface area (Å²) in [7, 11) is 1.38. The van der Waals surface area contributed by atoms with Gasteiger partial charge in [0.05, 0.1) is 18.6 Å². The van der Waals surface area contributed by atoms with Crippen molar-refractivity contribution in [3.8, 4) is 0 Å². The Balaban J connectivity index is 2.66. The third-order valence-corrected chi connectivity index (χ3v) is 3.71. The highest BCUT2D eigenvalue weighted by Gasteiger charge is 2.42. The zero-order chi connectivity index (χ0) is 12.2. The summed E-state index contributed by atoms with van der Waals surface area (Å²) in [6.45, 7) is 6.76. The number of hydrogen-bond donors (Lipinski definition) is 1. The minimum Gasteiger partial charge on any atom is -0.469 e. The number of likely N-dealkylation sites (tertiary alicyclic amines) is 1. The molecule has 16 heavy (non-hydrogen) atoms. The molecule has 0 aromatic rings. The van der Waals surface area contributed by atoms with E-state index in [0.29, 0.717) is 19.3 Å². The fourth-order valence-corrected chi connectivity index (χ4v) is 2.51. The van der Waals surface area contributed by atoms with Crippen molar-refractivity contribution in [2.75, 3.05) is 26.7 Å². The highest BCUT2D eigenvalue weighted by Crippen LogP contribution is 2.32. The van der Waals surface area contributed by atoms with Crippen LogP contribution in [-0.4, -0.2) is 48.3 Å². The number of rotatable bonds is 4. The Hall–Kier alpha value is -0.610. The van der Waals surface area contributed by atoms with Gasteiger partial charge in [-0.2, -0.15) is 0 Å². The van der Waals surface area contributed by atoms with Crippen LogP contribution in [0.5, 0.6) is 0 Å².